The molecule has 110 valence electrons. The largest absolute Gasteiger partial charge is 0.409 e. The molecule has 2 rings (SSSR count). The Kier molecular flexibility index (Phi) is 4.82. The number of aryl methyl sites for hydroxylation is 1. The molecular formula is C17H21N3O. The summed E-state index contributed by atoms with van der Waals surface area (Å²) in [6, 6.07) is 16.3. The van der Waals surface area contributed by atoms with E-state index < -0.39 is 0 Å². The number of oxime groups is 1. The van der Waals surface area contributed by atoms with Crippen LogP contribution in [0.25, 0.3) is 0 Å². The molecule has 0 radical (unpaired) electrons. The molecule has 0 aromatic heterocycles. The second-order valence-corrected chi connectivity index (χ2v) is 5.06. The number of hydrogen-bond donors (Lipinski definition) is 2. The lowest BCUT2D eigenvalue weighted by Crippen LogP contribution is -2.18. The van der Waals surface area contributed by atoms with E-state index in [-0.39, 0.29) is 5.84 Å². The minimum Gasteiger partial charge on any atom is -0.409 e. The van der Waals surface area contributed by atoms with E-state index in [9.17, 15) is 0 Å². The molecular weight excluding hydrogens is 262 g/mol. The van der Waals surface area contributed by atoms with E-state index in [2.05, 4.69) is 41.2 Å². The summed E-state index contributed by atoms with van der Waals surface area (Å²) in [7, 11) is 2.03. The van der Waals surface area contributed by atoms with E-state index in [1.165, 1.54) is 11.1 Å². The molecule has 21 heavy (non-hydrogen) atoms. The van der Waals surface area contributed by atoms with Gasteiger partial charge in [0.2, 0.25) is 0 Å². The van der Waals surface area contributed by atoms with Gasteiger partial charge in [0, 0.05) is 24.8 Å². The van der Waals surface area contributed by atoms with E-state index >= 15 is 0 Å². The molecule has 4 nitrogen and oxygen atoms in total. The third-order valence-electron chi connectivity index (χ3n) is 3.54. The van der Waals surface area contributed by atoms with Crippen LogP contribution in [0.3, 0.4) is 0 Å². The lowest BCUT2D eigenvalue weighted by Gasteiger charge is -2.20. The second-order valence-electron chi connectivity index (χ2n) is 5.06. The van der Waals surface area contributed by atoms with Crippen LogP contribution in [0, 0.1) is 0 Å². The van der Waals surface area contributed by atoms with Crippen molar-refractivity contribution in [2.75, 3.05) is 11.9 Å². The van der Waals surface area contributed by atoms with Crippen molar-refractivity contribution in [1.82, 2.24) is 0 Å². The van der Waals surface area contributed by atoms with Crippen molar-refractivity contribution < 1.29 is 5.21 Å². The van der Waals surface area contributed by atoms with Crippen molar-refractivity contribution in [3.05, 3.63) is 65.2 Å². The predicted octanol–water partition coefficient (Wildman–Crippen LogP) is 2.98. The van der Waals surface area contributed by atoms with Crippen LogP contribution in [-0.4, -0.2) is 18.1 Å². The molecule has 0 fully saturated rings. The van der Waals surface area contributed by atoms with Crippen molar-refractivity contribution in [2.24, 2.45) is 10.9 Å². The third kappa shape index (κ3) is 3.75. The molecule has 4 heteroatoms. The summed E-state index contributed by atoms with van der Waals surface area (Å²) < 4.78 is 0. The van der Waals surface area contributed by atoms with E-state index in [0.717, 1.165) is 18.7 Å². The first-order chi connectivity index (χ1) is 10.1. The fraction of sp³-hybridized carbons (Fsp3) is 0.235. The van der Waals surface area contributed by atoms with Crippen LogP contribution in [0.5, 0.6) is 0 Å². The van der Waals surface area contributed by atoms with Crippen molar-refractivity contribution in [2.45, 2.75) is 19.9 Å². The van der Waals surface area contributed by atoms with Gasteiger partial charge in [-0.15, -0.1) is 0 Å². The normalized spacial score (nSPS) is 11.4. The van der Waals surface area contributed by atoms with Crippen LogP contribution in [0.15, 0.2) is 53.7 Å². The van der Waals surface area contributed by atoms with Gasteiger partial charge >= 0.3 is 0 Å². The number of nitrogens with two attached hydrogens (primary N) is 1. The van der Waals surface area contributed by atoms with Gasteiger partial charge in [-0.1, -0.05) is 48.5 Å². The molecule has 2 aromatic carbocycles. The summed E-state index contributed by atoms with van der Waals surface area (Å²) in [5.74, 6) is 0.123. The second kappa shape index (κ2) is 6.79. The smallest absolute Gasteiger partial charge is 0.170 e. The Morgan fingerprint density at radius 2 is 1.81 bits per heavy atom. The number of anilines is 1. The van der Waals surface area contributed by atoms with Gasteiger partial charge in [-0.2, -0.15) is 0 Å². The maximum absolute atomic E-state index is 8.75. The summed E-state index contributed by atoms with van der Waals surface area (Å²) >= 11 is 0. The molecule has 0 aliphatic heterocycles. The van der Waals surface area contributed by atoms with Crippen molar-refractivity contribution in [3.8, 4) is 0 Å². The molecule has 2 aromatic rings. The maximum atomic E-state index is 8.75. The standard InChI is InChI=1S/C17H21N3O/c1-3-13-7-9-14(10-8-13)12-20(2)16-6-4-5-15(11-16)17(18)19-21/h4-11,21H,3,12H2,1-2H3,(H2,18,19). The highest BCUT2D eigenvalue weighted by Crippen LogP contribution is 2.17. The Morgan fingerprint density at radius 3 is 2.43 bits per heavy atom. The highest BCUT2D eigenvalue weighted by molar-refractivity contribution is 5.97. The Labute approximate surface area is 125 Å². The first-order valence-corrected chi connectivity index (χ1v) is 7.01. The minimum atomic E-state index is 0.123. The maximum Gasteiger partial charge on any atom is 0.170 e. The highest BCUT2D eigenvalue weighted by atomic mass is 16.4. The third-order valence-corrected chi connectivity index (χ3v) is 3.54. The molecule has 0 aliphatic carbocycles. The number of nitrogens with zero attached hydrogens (tertiary/aromatic N) is 2. The molecule has 0 spiro atoms. The average molecular weight is 283 g/mol. The molecule has 0 saturated heterocycles. The van der Waals surface area contributed by atoms with Crippen LogP contribution in [-0.2, 0) is 13.0 Å². The number of benzene rings is 2. The fourth-order valence-corrected chi connectivity index (χ4v) is 2.21. The zero-order valence-corrected chi connectivity index (χ0v) is 12.5. The molecule has 0 atom stereocenters. The van der Waals surface area contributed by atoms with Crippen molar-refractivity contribution in [3.63, 3.8) is 0 Å². The average Bonchev–Trinajstić information content (AvgIpc) is 2.55. The monoisotopic (exact) mass is 283 g/mol. The summed E-state index contributed by atoms with van der Waals surface area (Å²) in [6.45, 7) is 2.96. The van der Waals surface area contributed by atoms with Crippen LogP contribution in [0.2, 0.25) is 0 Å². The van der Waals surface area contributed by atoms with Gasteiger partial charge < -0.3 is 15.8 Å². The minimum absolute atomic E-state index is 0.123. The van der Waals surface area contributed by atoms with Crippen molar-refractivity contribution in [1.29, 1.82) is 0 Å². The molecule has 0 amide bonds. The van der Waals surface area contributed by atoms with E-state index in [4.69, 9.17) is 10.9 Å². The number of rotatable bonds is 5. The lowest BCUT2D eigenvalue weighted by molar-refractivity contribution is 0.318. The molecule has 3 N–H and O–H groups in total. The van der Waals surface area contributed by atoms with Gasteiger partial charge in [0.25, 0.3) is 0 Å². The molecule has 0 unspecified atom stereocenters. The van der Waals surface area contributed by atoms with Crippen LogP contribution in [0.1, 0.15) is 23.6 Å². The summed E-state index contributed by atoms with van der Waals surface area (Å²) in [6.07, 6.45) is 1.05. The Bertz CT molecular complexity index is 620. The molecule has 0 saturated carbocycles. The van der Waals surface area contributed by atoms with Gasteiger partial charge in [0.15, 0.2) is 5.84 Å². The fourth-order valence-electron chi connectivity index (χ4n) is 2.21. The Balaban J connectivity index is 2.14. The summed E-state index contributed by atoms with van der Waals surface area (Å²) in [5, 5.41) is 11.8. The number of amidine groups is 1. The quantitative estimate of drug-likeness (QED) is 0.384. The lowest BCUT2D eigenvalue weighted by atomic mass is 10.1. The van der Waals surface area contributed by atoms with Crippen LogP contribution in [0.4, 0.5) is 5.69 Å². The van der Waals surface area contributed by atoms with E-state index in [0.29, 0.717) is 5.56 Å². The Morgan fingerprint density at radius 1 is 1.14 bits per heavy atom. The highest BCUT2D eigenvalue weighted by Gasteiger charge is 2.05. The van der Waals surface area contributed by atoms with Gasteiger partial charge in [-0.3, -0.25) is 0 Å². The zero-order chi connectivity index (χ0) is 15.2. The van der Waals surface area contributed by atoms with Gasteiger partial charge in [-0.05, 0) is 29.7 Å². The first-order valence-electron chi connectivity index (χ1n) is 7.01. The molecule has 0 aliphatic rings. The predicted molar refractivity (Wildman–Crippen MR) is 86.9 cm³/mol. The van der Waals surface area contributed by atoms with Gasteiger partial charge in [0.1, 0.15) is 0 Å². The topological polar surface area (TPSA) is 61.8 Å². The zero-order valence-electron chi connectivity index (χ0n) is 12.5. The van der Waals surface area contributed by atoms with Crippen molar-refractivity contribution >= 4 is 11.5 Å². The van der Waals surface area contributed by atoms with Crippen LogP contribution < -0.4 is 10.6 Å². The SMILES string of the molecule is CCc1ccc(CN(C)c2cccc(C(N)=NO)c2)cc1. The van der Waals surface area contributed by atoms with Crippen LogP contribution >= 0.6 is 0 Å². The summed E-state index contributed by atoms with van der Waals surface area (Å²) in [5.41, 5.74) is 9.96. The number of hydrogen-bond acceptors (Lipinski definition) is 3. The van der Waals surface area contributed by atoms with E-state index in [1.54, 1.807) is 0 Å². The van der Waals surface area contributed by atoms with Gasteiger partial charge in [-0.25, -0.2) is 0 Å². The Hall–Kier alpha value is -2.49. The molecule has 0 bridgehead atoms. The molecule has 0 heterocycles. The summed E-state index contributed by atoms with van der Waals surface area (Å²) in [4.78, 5) is 2.13. The van der Waals surface area contributed by atoms with E-state index in [1.807, 2.05) is 31.3 Å². The first kappa shape index (κ1) is 14.9. The van der Waals surface area contributed by atoms with Gasteiger partial charge in [0.05, 0.1) is 0 Å².